The number of nitrogens with zero attached hydrogens (tertiary/aromatic N) is 5. The van der Waals surface area contributed by atoms with Crippen LogP contribution < -0.4 is 4.90 Å². The van der Waals surface area contributed by atoms with Crippen LogP contribution in [-0.2, 0) is 19.5 Å². The van der Waals surface area contributed by atoms with Gasteiger partial charge in [-0.1, -0.05) is 19.1 Å². The zero-order valence-corrected chi connectivity index (χ0v) is 15.4. The molecule has 4 rings (SSSR count). The predicted molar refractivity (Wildman–Crippen MR) is 101 cm³/mol. The zero-order chi connectivity index (χ0) is 17.9. The Bertz CT molecular complexity index is 740. The molecule has 0 spiro atoms. The Kier molecular flexibility index (Phi) is 5.13. The van der Waals surface area contributed by atoms with Crippen molar-refractivity contribution < 1.29 is 4.39 Å². The molecule has 1 aromatic heterocycles. The van der Waals surface area contributed by atoms with Crippen LogP contribution in [0.25, 0.3) is 0 Å². The largest absolute Gasteiger partial charge is 0.338 e. The van der Waals surface area contributed by atoms with Crippen molar-refractivity contribution >= 4 is 5.95 Å². The van der Waals surface area contributed by atoms with Crippen molar-refractivity contribution in [3.05, 3.63) is 53.1 Å². The maximum atomic E-state index is 13.1. The van der Waals surface area contributed by atoms with Gasteiger partial charge >= 0.3 is 0 Å². The first-order valence-corrected chi connectivity index (χ1v) is 9.50. The summed E-state index contributed by atoms with van der Waals surface area (Å²) in [5, 5.41) is 0. The highest BCUT2D eigenvalue weighted by Crippen LogP contribution is 2.21. The Morgan fingerprint density at radius 3 is 2.50 bits per heavy atom. The number of aromatic nitrogens is 2. The standard InChI is InChI=1S/C20H26FN5/c1-2-24-9-11-26(12-10-24)20-22-13-17-15-25(8-7-19(17)23-20)14-16-3-5-18(21)6-4-16/h3-6,13H,2,7-12,14-15H2,1H3. The lowest BCUT2D eigenvalue weighted by molar-refractivity contribution is 0.242. The van der Waals surface area contributed by atoms with Gasteiger partial charge in [0.15, 0.2) is 0 Å². The summed E-state index contributed by atoms with van der Waals surface area (Å²) < 4.78 is 13.1. The van der Waals surface area contributed by atoms with E-state index in [-0.39, 0.29) is 5.82 Å². The molecule has 0 amide bonds. The quantitative estimate of drug-likeness (QED) is 0.841. The van der Waals surface area contributed by atoms with E-state index in [1.807, 2.05) is 18.3 Å². The molecule has 2 aliphatic rings. The Balaban J connectivity index is 1.40. The SMILES string of the molecule is CCN1CCN(c2ncc3c(n2)CCN(Cc2ccc(F)cc2)C3)CC1. The summed E-state index contributed by atoms with van der Waals surface area (Å²) in [6.45, 7) is 10.2. The van der Waals surface area contributed by atoms with E-state index in [9.17, 15) is 4.39 Å². The topological polar surface area (TPSA) is 35.5 Å². The van der Waals surface area contributed by atoms with Gasteiger partial charge in [-0.2, -0.15) is 0 Å². The van der Waals surface area contributed by atoms with Gasteiger partial charge in [0.2, 0.25) is 5.95 Å². The van der Waals surface area contributed by atoms with Crippen LogP contribution in [0, 0.1) is 5.82 Å². The Hall–Kier alpha value is -2.05. The van der Waals surface area contributed by atoms with Crippen LogP contribution in [0.15, 0.2) is 30.5 Å². The fraction of sp³-hybridized carbons (Fsp3) is 0.500. The Labute approximate surface area is 154 Å². The van der Waals surface area contributed by atoms with Crippen LogP contribution in [0.5, 0.6) is 0 Å². The van der Waals surface area contributed by atoms with E-state index in [1.54, 1.807) is 0 Å². The molecule has 138 valence electrons. The van der Waals surface area contributed by atoms with Crippen molar-refractivity contribution in [1.82, 2.24) is 19.8 Å². The molecular formula is C20H26FN5. The highest BCUT2D eigenvalue weighted by molar-refractivity contribution is 5.35. The van der Waals surface area contributed by atoms with E-state index in [1.165, 1.54) is 23.4 Å². The summed E-state index contributed by atoms with van der Waals surface area (Å²) in [5.74, 6) is 0.699. The van der Waals surface area contributed by atoms with Crippen LogP contribution in [-0.4, -0.2) is 59.0 Å². The van der Waals surface area contributed by atoms with Crippen LogP contribution >= 0.6 is 0 Å². The molecule has 0 aliphatic carbocycles. The van der Waals surface area contributed by atoms with Crippen LogP contribution in [0.2, 0.25) is 0 Å². The molecule has 26 heavy (non-hydrogen) atoms. The van der Waals surface area contributed by atoms with Gasteiger partial charge in [-0.25, -0.2) is 14.4 Å². The maximum absolute atomic E-state index is 13.1. The third kappa shape index (κ3) is 3.86. The van der Waals surface area contributed by atoms with Crippen molar-refractivity contribution in [3.8, 4) is 0 Å². The molecule has 0 saturated carbocycles. The minimum absolute atomic E-state index is 0.182. The van der Waals surface area contributed by atoms with Gasteiger partial charge in [0.25, 0.3) is 0 Å². The minimum atomic E-state index is -0.182. The highest BCUT2D eigenvalue weighted by Gasteiger charge is 2.22. The maximum Gasteiger partial charge on any atom is 0.225 e. The second-order valence-corrected chi connectivity index (χ2v) is 7.15. The number of anilines is 1. The summed E-state index contributed by atoms with van der Waals surface area (Å²) >= 11 is 0. The van der Waals surface area contributed by atoms with Gasteiger partial charge in [0.1, 0.15) is 5.82 Å². The molecule has 1 fully saturated rings. The Morgan fingerprint density at radius 1 is 1.00 bits per heavy atom. The van der Waals surface area contributed by atoms with E-state index in [0.29, 0.717) is 0 Å². The molecule has 6 heteroatoms. The Morgan fingerprint density at radius 2 is 1.77 bits per heavy atom. The average Bonchev–Trinajstić information content (AvgIpc) is 2.69. The number of piperazine rings is 1. The van der Waals surface area contributed by atoms with Gasteiger partial charge in [-0.05, 0) is 24.2 Å². The third-order valence-electron chi connectivity index (χ3n) is 5.42. The monoisotopic (exact) mass is 355 g/mol. The van der Waals surface area contributed by atoms with Crippen LogP contribution in [0.1, 0.15) is 23.7 Å². The lowest BCUT2D eigenvalue weighted by atomic mass is 10.1. The zero-order valence-electron chi connectivity index (χ0n) is 15.4. The molecule has 0 unspecified atom stereocenters. The van der Waals surface area contributed by atoms with E-state index in [4.69, 9.17) is 4.98 Å². The van der Waals surface area contributed by atoms with Crippen molar-refractivity contribution in [3.63, 3.8) is 0 Å². The number of halogens is 1. The molecule has 0 N–H and O–H groups in total. The van der Waals surface area contributed by atoms with Gasteiger partial charge in [0, 0.05) is 64.0 Å². The van der Waals surface area contributed by atoms with Crippen molar-refractivity contribution in [2.45, 2.75) is 26.4 Å². The first kappa shape index (κ1) is 17.4. The van der Waals surface area contributed by atoms with Crippen LogP contribution in [0.4, 0.5) is 10.3 Å². The predicted octanol–water partition coefficient (Wildman–Crippen LogP) is 2.32. The minimum Gasteiger partial charge on any atom is -0.338 e. The lowest BCUT2D eigenvalue weighted by Crippen LogP contribution is -2.47. The van der Waals surface area contributed by atoms with Crippen molar-refractivity contribution in [2.24, 2.45) is 0 Å². The summed E-state index contributed by atoms with van der Waals surface area (Å²) in [6.07, 6.45) is 2.95. The summed E-state index contributed by atoms with van der Waals surface area (Å²) in [7, 11) is 0. The van der Waals surface area contributed by atoms with Crippen LogP contribution in [0.3, 0.4) is 0 Å². The second kappa shape index (κ2) is 7.68. The molecule has 0 radical (unpaired) electrons. The molecule has 0 bridgehead atoms. The molecule has 0 atom stereocenters. The van der Waals surface area contributed by atoms with Crippen molar-refractivity contribution in [2.75, 3.05) is 44.2 Å². The fourth-order valence-electron chi connectivity index (χ4n) is 3.76. The van der Waals surface area contributed by atoms with E-state index >= 15 is 0 Å². The smallest absolute Gasteiger partial charge is 0.225 e. The number of hydrogen-bond donors (Lipinski definition) is 0. The number of fused-ring (bicyclic) bond motifs is 1. The van der Waals surface area contributed by atoms with Gasteiger partial charge in [-0.3, -0.25) is 4.90 Å². The van der Waals surface area contributed by atoms with E-state index < -0.39 is 0 Å². The molecule has 1 aromatic carbocycles. The molecule has 3 heterocycles. The van der Waals surface area contributed by atoms with Gasteiger partial charge in [0.05, 0.1) is 5.69 Å². The molecular weight excluding hydrogens is 329 g/mol. The number of benzene rings is 1. The first-order valence-electron chi connectivity index (χ1n) is 9.50. The van der Waals surface area contributed by atoms with Crippen molar-refractivity contribution in [1.29, 1.82) is 0 Å². The summed E-state index contributed by atoms with van der Waals surface area (Å²) in [6, 6.07) is 6.78. The molecule has 1 saturated heterocycles. The molecule has 2 aromatic rings. The third-order valence-corrected chi connectivity index (χ3v) is 5.42. The van der Waals surface area contributed by atoms with Gasteiger partial charge < -0.3 is 9.80 Å². The number of likely N-dealkylation sites (N-methyl/N-ethyl adjacent to an activating group) is 1. The normalized spacial score (nSPS) is 18.8. The average molecular weight is 355 g/mol. The summed E-state index contributed by atoms with van der Waals surface area (Å²) in [4.78, 5) is 16.6. The number of rotatable bonds is 4. The molecule has 2 aliphatic heterocycles. The lowest BCUT2D eigenvalue weighted by Gasteiger charge is -2.35. The van der Waals surface area contributed by atoms with E-state index in [2.05, 4.69) is 26.6 Å². The fourth-order valence-corrected chi connectivity index (χ4v) is 3.76. The second-order valence-electron chi connectivity index (χ2n) is 7.15. The number of hydrogen-bond acceptors (Lipinski definition) is 5. The molecule has 5 nitrogen and oxygen atoms in total. The highest BCUT2D eigenvalue weighted by atomic mass is 19.1. The van der Waals surface area contributed by atoms with Gasteiger partial charge in [-0.15, -0.1) is 0 Å². The first-order chi connectivity index (χ1) is 12.7. The summed E-state index contributed by atoms with van der Waals surface area (Å²) in [5.41, 5.74) is 3.54. The van der Waals surface area contributed by atoms with E-state index in [0.717, 1.165) is 70.3 Å².